The molecule has 2 aromatic carbocycles. The van der Waals surface area contributed by atoms with Crippen LogP contribution in [0.3, 0.4) is 0 Å². The average Bonchev–Trinajstić information content (AvgIpc) is 3.06. The number of para-hydroxylation sites is 1. The second-order valence-corrected chi connectivity index (χ2v) is 6.86. The first-order chi connectivity index (χ1) is 11.4. The molecule has 0 bridgehead atoms. The number of aryl methyl sites for hydroxylation is 1. The van der Waals surface area contributed by atoms with Crippen LogP contribution in [0.1, 0.15) is 5.56 Å². The molecule has 0 N–H and O–H groups in total. The molecule has 0 unspecified atom stereocenters. The summed E-state index contributed by atoms with van der Waals surface area (Å²) < 4.78 is 25.8. The van der Waals surface area contributed by atoms with Crippen LogP contribution in [0.5, 0.6) is 0 Å². The van der Waals surface area contributed by atoms with Crippen LogP contribution in [-0.4, -0.2) is 27.7 Å². The van der Waals surface area contributed by atoms with Gasteiger partial charge in [0.15, 0.2) is 0 Å². The predicted molar refractivity (Wildman–Crippen MR) is 85.9 cm³/mol. The van der Waals surface area contributed by atoms with Gasteiger partial charge >= 0.3 is 0 Å². The Balaban J connectivity index is 2.05. The Hall–Kier alpha value is -3.07. The van der Waals surface area contributed by atoms with Crippen LogP contribution in [-0.2, 0) is 10.0 Å². The van der Waals surface area contributed by atoms with Gasteiger partial charge in [-0.25, -0.2) is 0 Å². The van der Waals surface area contributed by atoms with Crippen LogP contribution in [0, 0.1) is 17.0 Å². The van der Waals surface area contributed by atoms with Crippen LogP contribution in [0.15, 0.2) is 59.6 Å². The summed E-state index contributed by atoms with van der Waals surface area (Å²) in [6, 6.07) is 12.2. The SMILES string of the molecule is Cc1ccc(S(=O)(=O)n2cc(-c3ccccc3[N+](=O)[O-])nn2)cc1. The fourth-order valence-corrected chi connectivity index (χ4v) is 3.22. The molecule has 3 rings (SSSR count). The quantitative estimate of drug-likeness (QED) is 0.531. The van der Waals surface area contributed by atoms with E-state index in [1.165, 1.54) is 30.3 Å². The summed E-state index contributed by atoms with van der Waals surface area (Å²) in [4.78, 5) is 10.6. The number of hydrogen-bond donors (Lipinski definition) is 0. The fourth-order valence-electron chi connectivity index (χ4n) is 2.16. The highest BCUT2D eigenvalue weighted by molar-refractivity contribution is 7.89. The number of nitro groups is 1. The van der Waals surface area contributed by atoms with Gasteiger partial charge in [-0.3, -0.25) is 10.1 Å². The molecular weight excluding hydrogens is 332 g/mol. The Morgan fingerprint density at radius 2 is 1.75 bits per heavy atom. The Morgan fingerprint density at radius 3 is 2.42 bits per heavy atom. The molecular formula is C15H12N4O4S. The maximum atomic E-state index is 12.5. The standard InChI is InChI=1S/C15H12N4O4S/c1-11-6-8-12(9-7-11)24(22,23)18-10-14(16-17-18)13-4-2-3-5-15(13)19(20)21/h2-10H,1H3. The number of nitrogens with zero attached hydrogens (tertiary/aromatic N) is 4. The fraction of sp³-hybridized carbons (Fsp3) is 0.0667. The Morgan fingerprint density at radius 1 is 1.08 bits per heavy atom. The molecule has 0 atom stereocenters. The number of rotatable bonds is 4. The molecule has 0 spiro atoms. The Kier molecular flexibility index (Phi) is 3.86. The molecule has 1 aromatic heterocycles. The Labute approximate surface area is 137 Å². The van der Waals surface area contributed by atoms with Crippen molar-refractivity contribution in [1.82, 2.24) is 14.4 Å². The van der Waals surface area contributed by atoms with Crippen LogP contribution in [0.2, 0.25) is 0 Å². The van der Waals surface area contributed by atoms with Crippen LogP contribution < -0.4 is 0 Å². The van der Waals surface area contributed by atoms with E-state index in [9.17, 15) is 18.5 Å². The minimum absolute atomic E-state index is 0.0621. The molecule has 0 radical (unpaired) electrons. The lowest BCUT2D eigenvalue weighted by Gasteiger charge is -2.03. The minimum atomic E-state index is -3.90. The van der Waals surface area contributed by atoms with Crippen molar-refractivity contribution in [2.45, 2.75) is 11.8 Å². The normalized spacial score (nSPS) is 11.4. The molecule has 0 saturated carbocycles. The maximum absolute atomic E-state index is 12.5. The molecule has 0 aliphatic heterocycles. The van der Waals surface area contributed by atoms with Crippen LogP contribution in [0.25, 0.3) is 11.3 Å². The number of hydrogen-bond acceptors (Lipinski definition) is 6. The minimum Gasteiger partial charge on any atom is -0.258 e. The van der Waals surface area contributed by atoms with Crippen molar-refractivity contribution in [3.63, 3.8) is 0 Å². The van der Waals surface area contributed by atoms with E-state index in [-0.39, 0.29) is 21.8 Å². The van der Waals surface area contributed by atoms with Crippen LogP contribution in [0.4, 0.5) is 5.69 Å². The van der Waals surface area contributed by atoms with Crippen molar-refractivity contribution < 1.29 is 13.3 Å². The molecule has 0 aliphatic rings. The summed E-state index contributed by atoms with van der Waals surface area (Å²) in [6.45, 7) is 1.85. The van der Waals surface area contributed by atoms with E-state index in [0.29, 0.717) is 4.09 Å². The molecule has 0 amide bonds. The highest BCUT2D eigenvalue weighted by Gasteiger charge is 2.22. The molecule has 9 heteroatoms. The van der Waals surface area contributed by atoms with Gasteiger partial charge in [0.05, 0.1) is 21.6 Å². The maximum Gasteiger partial charge on any atom is 0.284 e. The first-order valence-corrected chi connectivity index (χ1v) is 8.32. The summed E-state index contributed by atoms with van der Waals surface area (Å²) in [5.41, 5.74) is 1.07. The lowest BCUT2D eigenvalue weighted by atomic mass is 10.1. The van der Waals surface area contributed by atoms with E-state index < -0.39 is 14.9 Å². The molecule has 24 heavy (non-hydrogen) atoms. The summed E-state index contributed by atoms with van der Waals surface area (Å²) in [5, 5.41) is 18.5. The zero-order valence-corrected chi connectivity index (χ0v) is 13.3. The zero-order valence-electron chi connectivity index (χ0n) is 12.5. The third-order valence-electron chi connectivity index (χ3n) is 3.42. The third-order valence-corrected chi connectivity index (χ3v) is 4.95. The van der Waals surface area contributed by atoms with E-state index in [1.54, 1.807) is 18.2 Å². The topological polar surface area (TPSA) is 108 Å². The van der Waals surface area contributed by atoms with Crippen molar-refractivity contribution >= 4 is 15.7 Å². The number of aromatic nitrogens is 3. The second-order valence-electron chi connectivity index (χ2n) is 5.07. The average molecular weight is 344 g/mol. The summed E-state index contributed by atoms with van der Waals surface area (Å²) in [7, 11) is -3.90. The van der Waals surface area contributed by atoms with E-state index in [2.05, 4.69) is 10.3 Å². The lowest BCUT2D eigenvalue weighted by Crippen LogP contribution is -2.13. The molecule has 0 saturated heterocycles. The summed E-state index contributed by atoms with van der Waals surface area (Å²) in [5.74, 6) is 0. The van der Waals surface area contributed by atoms with Gasteiger partial charge in [-0.2, -0.15) is 8.42 Å². The number of benzene rings is 2. The highest BCUT2D eigenvalue weighted by Crippen LogP contribution is 2.28. The van der Waals surface area contributed by atoms with E-state index in [0.717, 1.165) is 11.8 Å². The predicted octanol–water partition coefficient (Wildman–Crippen LogP) is 2.40. The van der Waals surface area contributed by atoms with Gasteiger partial charge in [-0.05, 0) is 25.1 Å². The first kappa shape index (κ1) is 15.8. The number of nitro benzene ring substituents is 1. The monoisotopic (exact) mass is 344 g/mol. The molecule has 0 aliphatic carbocycles. The van der Waals surface area contributed by atoms with Crippen molar-refractivity contribution in [2.24, 2.45) is 0 Å². The summed E-state index contributed by atoms with van der Waals surface area (Å²) in [6.07, 6.45) is 1.16. The largest absolute Gasteiger partial charge is 0.284 e. The van der Waals surface area contributed by atoms with Gasteiger partial charge in [-0.1, -0.05) is 35.0 Å². The molecule has 8 nitrogen and oxygen atoms in total. The van der Waals surface area contributed by atoms with Gasteiger partial charge in [0.2, 0.25) is 0 Å². The van der Waals surface area contributed by atoms with Crippen molar-refractivity contribution in [2.75, 3.05) is 0 Å². The van der Waals surface area contributed by atoms with Gasteiger partial charge in [0.1, 0.15) is 5.69 Å². The van der Waals surface area contributed by atoms with Gasteiger partial charge in [-0.15, -0.1) is 9.19 Å². The van der Waals surface area contributed by atoms with E-state index >= 15 is 0 Å². The van der Waals surface area contributed by atoms with Gasteiger partial charge < -0.3 is 0 Å². The van der Waals surface area contributed by atoms with E-state index in [1.807, 2.05) is 6.92 Å². The summed E-state index contributed by atoms with van der Waals surface area (Å²) >= 11 is 0. The van der Waals surface area contributed by atoms with Crippen molar-refractivity contribution in [1.29, 1.82) is 0 Å². The van der Waals surface area contributed by atoms with Gasteiger partial charge in [0, 0.05) is 6.07 Å². The van der Waals surface area contributed by atoms with Crippen molar-refractivity contribution in [3.05, 3.63) is 70.4 Å². The zero-order chi connectivity index (χ0) is 17.3. The molecule has 122 valence electrons. The molecule has 1 heterocycles. The molecule has 3 aromatic rings. The van der Waals surface area contributed by atoms with Gasteiger partial charge in [0.25, 0.3) is 15.7 Å². The third kappa shape index (κ3) is 2.76. The Bertz CT molecular complexity index is 1010. The highest BCUT2D eigenvalue weighted by atomic mass is 32.2. The second kappa shape index (κ2) is 5.85. The van der Waals surface area contributed by atoms with E-state index in [4.69, 9.17) is 0 Å². The van der Waals surface area contributed by atoms with Crippen molar-refractivity contribution in [3.8, 4) is 11.3 Å². The van der Waals surface area contributed by atoms with Crippen LogP contribution >= 0.6 is 0 Å². The smallest absolute Gasteiger partial charge is 0.258 e. The lowest BCUT2D eigenvalue weighted by molar-refractivity contribution is -0.384. The first-order valence-electron chi connectivity index (χ1n) is 6.88. The molecule has 0 fully saturated rings.